The molecule has 3 aromatic heterocycles. The van der Waals surface area contributed by atoms with E-state index in [1.807, 2.05) is 24.3 Å². The highest BCUT2D eigenvalue weighted by Crippen LogP contribution is 2.51. The van der Waals surface area contributed by atoms with E-state index in [2.05, 4.69) is 62.4 Å². The lowest BCUT2D eigenvalue weighted by Crippen LogP contribution is -2.37. The van der Waals surface area contributed by atoms with Gasteiger partial charge in [-0.05, 0) is 94.1 Å². The lowest BCUT2D eigenvalue weighted by molar-refractivity contribution is 0.384. The van der Waals surface area contributed by atoms with Crippen molar-refractivity contribution >= 4 is 120 Å². The molecule has 7 nitrogen and oxygen atoms in total. The summed E-state index contributed by atoms with van der Waals surface area (Å²) < 4.78 is 5.10. The molecule has 0 saturated heterocycles. The van der Waals surface area contributed by atoms with E-state index in [0.717, 1.165) is 190 Å². The second-order valence-corrected chi connectivity index (χ2v) is 21.1. The van der Waals surface area contributed by atoms with Crippen molar-refractivity contribution in [2.24, 2.45) is 0 Å². The summed E-state index contributed by atoms with van der Waals surface area (Å²) in [5.74, 6) is 0. The SMILES string of the molecule is CCCCCCC(CCCCCC)n1c(=O)c2ccc3c4ccc5c(=O)n(C(CCCCCC)CCCCCC)c(=O)c6cc7c8sc(I)nc8c8cc(c1=O)c2c3c8c7c4c56. The molecule has 0 amide bonds. The van der Waals surface area contributed by atoms with Gasteiger partial charge in [0.2, 0.25) is 0 Å². The Labute approximate surface area is 380 Å². The van der Waals surface area contributed by atoms with Crippen LogP contribution in [0.3, 0.4) is 0 Å². The first-order chi connectivity index (χ1) is 30.2. The van der Waals surface area contributed by atoms with Gasteiger partial charge in [0.1, 0.15) is 0 Å². The third-order valence-electron chi connectivity index (χ3n) is 14.3. The summed E-state index contributed by atoms with van der Waals surface area (Å²) >= 11 is 3.90. The van der Waals surface area contributed by atoms with Gasteiger partial charge in [-0.25, -0.2) is 4.98 Å². The van der Waals surface area contributed by atoms with Gasteiger partial charge < -0.3 is 0 Å². The van der Waals surface area contributed by atoms with Gasteiger partial charge >= 0.3 is 0 Å². The van der Waals surface area contributed by atoms with Crippen molar-refractivity contribution in [2.75, 3.05) is 0 Å². The number of thiazole rings is 1. The molecule has 9 aromatic rings. The Morgan fingerprint density at radius 1 is 0.452 bits per heavy atom. The smallest absolute Gasteiger partial charge is 0.261 e. The zero-order valence-electron chi connectivity index (χ0n) is 37.0. The van der Waals surface area contributed by atoms with E-state index in [9.17, 15) is 9.59 Å². The number of pyridine rings is 2. The van der Waals surface area contributed by atoms with Crippen molar-refractivity contribution in [2.45, 2.75) is 168 Å². The molecule has 62 heavy (non-hydrogen) atoms. The summed E-state index contributed by atoms with van der Waals surface area (Å²) in [5, 5.41) is 11.2. The lowest BCUT2D eigenvalue weighted by atomic mass is 9.82. The van der Waals surface area contributed by atoms with E-state index in [1.165, 1.54) is 0 Å². The molecular weight excluding hydrogens is 902 g/mol. The molecule has 0 N–H and O–H groups in total. The topological polar surface area (TPSA) is 91.0 Å². The van der Waals surface area contributed by atoms with E-state index in [4.69, 9.17) is 4.98 Å². The molecule has 6 aromatic carbocycles. The minimum atomic E-state index is -0.207. The Hall–Kier alpha value is -3.96. The Kier molecular flexibility index (Phi) is 12.8. The number of halogens is 1. The van der Waals surface area contributed by atoms with Gasteiger partial charge in [-0.15, -0.1) is 11.3 Å². The average Bonchev–Trinajstić information content (AvgIpc) is 3.68. The van der Waals surface area contributed by atoms with Crippen LogP contribution in [0.15, 0.2) is 55.6 Å². The average molecular weight is 962 g/mol. The van der Waals surface area contributed by atoms with Gasteiger partial charge in [-0.1, -0.05) is 143 Å². The molecule has 3 heterocycles. The first-order valence-corrected chi connectivity index (χ1v) is 25.9. The number of hydrogen-bond donors (Lipinski definition) is 0. The highest BCUT2D eigenvalue weighted by atomic mass is 127. The minimum Gasteiger partial charge on any atom is -0.271 e. The van der Waals surface area contributed by atoms with Crippen LogP contribution in [-0.2, 0) is 0 Å². The van der Waals surface area contributed by atoms with Gasteiger partial charge in [-0.3, -0.25) is 28.3 Å². The monoisotopic (exact) mass is 961 g/mol. The molecule has 0 bridgehead atoms. The van der Waals surface area contributed by atoms with E-state index < -0.39 is 0 Å². The summed E-state index contributed by atoms with van der Waals surface area (Å²) in [6, 6.07) is 11.7. The first kappa shape index (κ1) is 43.3. The van der Waals surface area contributed by atoms with Gasteiger partial charge in [0.15, 0.2) is 3.01 Å². The van der Waals surface area contributed by atoms with Crippen LogP contribution in [0.1, 0.15) is 168 Å². The second-order valence-electron chi connectivity index (χ2n) is 18.3. The highest BCUT2D eigenvalue weighted by Gasteiger charge is 2.30. The first-order valence-electron chi connectivity index (χ1n) is 24.0. The number of benzene rings is 6. The Balaban J connectivity index is 1.34. The second kappa shape index (κ2) is 18.3. The van der Waals surface area contributed by atoms with Crippen molar-refractivity contribution in [1.82, 2.24) is 14.1 Å². The molecule has 9 rings (SSSR count). The van der Waals surface area contributed by atoms with Gasteiger partial charge in [0.05, 0.1) is 10.2 Å². The standard InChI is InChI=1S/C53H60IN3O4S/c1-5-9-13-17-21-31(22-18-14-10-6-2)56-49(58)35-27-25-33-34-26-28-36-42-40(52(61)57(50(36)59)32(23-19-15-11-7-3)24-20-16-12-8-4)30-38-46(44(34)42)45-37(47-48(38)62-53(54)55-47)29-39(51(56)60)41(35)43(33)45/h25-32H,5-24H2,1-4H3. The van der Waals surface area contributed by atoms with Crippen molar-refractivity contribution in [3.05, 3.63) is 80.8 Å². The van der Waals surface area contributed by atoms with Crippen molar-refractivity contribution in [3.8, 4) is 0 Å². The van der Waals surface area contributed by atoms with E-state index >= 15 is 9.59 Å². The molecule has 0 unspecified atom stereocenters. The number of aromatic nitrogens is 3. The van der Waals surface area contributed by atoms with E-state index in [1.54, 1.807) is 20.5 Å². The summed E-state index contributed by atoms with van der Waals surface area (Å²) in [4.78, 5) is 65.1. The molecule has 324 valence electrons. The number of fused-ring (bicyclic) bond motifs is 4. The van der Waals surface area contributed by atoms with Gasteiger partial charge in [0.25, 0.3) is 22.2 Å². The molecule has 0 aliphatic carbocycles. The summed E-state index contributed by atoms with van der Waals surface area (Å²) in [6.45, 7) is 8.83. The quantitative estimate of drug-likeness (QED) is 0.0292. The van der Waals surface area contributed by atoms with Crippen molar-refractivity contribution in [1.29, 1.82) is 0 Å². The molecule has 0 radical (unpaired) electrons. The molecular formula is C53H60IN3O4S. The summed E-state index contributed by atoms with van der Waals surface area (Å²) in [5.41, 5.74) is 0.0187. The van der Waals surface area contributed by atoms with E-state index in [0.29, 0.717) is 26.9 Å². The van der Waals surface area contributed by atoms with Gasteiger partial charge in [0, 0.05) is 65.9 Å². The Morgan fingerprint density at radius 3 is 1.23 bits per heavy atom. The minimum absolute atomic E-state index is 0.152. The van der Waals surface area contributed by atoms with Crippen LogP contribution >= 0.6 is 33.9 Å². The number of rotatable bonds is 22. The molecule has 0 saturated carbocycles. The van der Waals surface area contributed by atoms with Crippen molar-refractivity contribution in [3.63, 3.8) is 0 Å². The molecule has 0 aliphatic rings. The van der Waals surface area contributed by atoms with Crippen LogP contribution in [0.25, 0.3) is 85.6 Å². The van der Waals surface area contributed by atoms with Gasteiger partial charge in [-0.2, -0.15) is 0 Å². The van der Waals surface area contributed by atoms with Crippen LogP contribution < -0.4 is 22.2 Å². The normalized spacial score (nSPS) is 12.8. The number of unbranched alkanes of at least 4 members (excludes halogenated alkanes) is 12. The lowest BCUT2D eigenvalue weighted by Gasteiger charge is -2.24. The number of hydrogen-bond acceptors (Lipinski definition) is 6. The van der Waals surface area contributed by atoms with Crippen LogP contribution in [0.5, 0.6) is 0 Å². The fourth-order valence-corrected chi connectivity index (χ4v) is 12.9. The fraction of sp³-hybridized carbons (Fsp3) is 0.491. The van der Waals surface area contributed by atoms with Crippen LogP contribution in [0, 0.1) is 3.01 Å². The maximum absolute atomic E-state index is 15.1. The summed E-state index contributed by atoms with van der Waals surface area (Å²) in [6.07, 6.45) is 20.7. The molecule has 0 atom stereocenters. The molecule has 9 heteroatoms. The van der Waals surface area contributed by atoms with Crippen LogP contribution in [-0.4, -0.2) is 14.1 Å². The Morgan fingerprint density at radius 2 is 0.806 bits per heavy atom. The molecule has 0 fully saturated rings. The van der Waals surface area contributed by atoms with Crippen molar-refractivity contribution < 1.29 is 0 Å². The van der Waals surface area contributed by atoms with E-state index in [-0.39, 0.29) is 34.3 Å². The fourth-order valence-electron chi connectivity index (χ4n) is 11.2. The summed E-state index contributed by atoms with van der Waals surface area (Å²) in [7, 11) is 0. The molecule has 0 aliphatic heterocycles. The maximum Gasteiger partial charge on any atom is 0.261 e. The largest absolute Gasteiger partial charge is 0.271 e. The Bertz CT molecular complexity index is 3040. The predicted molar refractivity (Wildman–Crippen MR) is 274 cm³/mol. The highest BCUT2D eigenvalue weighted by molar-refractivity contribution is 14.1. The zero-order valence-corrected chi connectivity index (χ0v) is 40.0. The maximum atomic E-state index is 15.1. The third kappa shape index (κ3) is 7.15. The third-order valence-corrected chi connectivity index (χ3v) is 16.1. The predicted octanol–water partition coefficient (Wildman–Crippen LogP) is 14.7. The number of nitrogens with zero attached hydrogens (tertiary/aromatic N) is 3. The van der Waals surface area contributed by atoms with Crippen LogP contribution in [0.2, 0.25) is 0 Å². The molecule has 0 spiro atoms. The zero-order chi connectivity index (χ0) is 43.2. The van der Waals surface area contributed by atoms with Crippen LogP contribution in [0.4, 0.5) is 0 Å².